The topological polar surface area (TPSA) is 59.3 Å². The first-order valence-corrected chi connectivity index (χ1v) is 6.92. The van der Waals surface area contributed by atoms with Crippen LogP contribution < -0.4 is 10.1 Å². The standard InChI is InChI=1S/C15H19N3O2/c19-13(11-18-7-3-6-17-18)9-16-10-14-8-12-4-1-2-5-15(12)20-14/h1-7,13-14,16,19H,8-11H2. The zero-order valence-corrected chi connectivity index (χ0v) is 11.3. The number of hydrogen-bond donors (Lipinski definition) is 2. The number of fused-ring (bicyclic) bond motifs is 1. The molecule has 0 saturated carbocycles. The number of aromatic nitrogens is 2. The summed E-state index contributed by atoms with van der Waals surface area (Å²) in [6, 6.07) is 9.97. The van der Waals surface area contributed by atoms with Crippen LogP contribution in [0.5, 0.6) is 5.75 Å². The summed E-state index contributed by atoms with van der Waals surface area (Å²) in [7, 11) is 0. The Morgan fingerprint density at radius 2 is 2.30 bits per heavy atom. The lowest BCUT2D eigenvalue weighted by Gasteiger charge is -2.15. The van der Waals surface area contributed by atoms with Crippen molar-refractivity contribution in [2.45, 2.75) is 25.2 Å². The highest BCUT2D eigenvalue weighted by Crippen LogP contribution is 2.27. The molecule has 2 heterocycles. The maximum atomic E-state index is 9.90. The minimum Gasteiger partial charge on any atom is -0.488 e. The van der Waals surface area contributed by atoms with Gasteiger partial charge < -0.3 is 15.2 Å². The summed E-state index contributed by atoms with van der Waals surface area (Å²) < 4.78 is 7.56. The van der Waals surface area contributed by atoms with E-state index < -0.39 is 6.10 Å². The number of aliphatic hydroxyl groups excluding tert-OH is 1. The SMILES string of the molecule is OC(CNCC1Cc2ccccc2O1)Cn1cccn1. The summed E-state index contributed by atoms with van der Waals surface area (Å²) in [5.74, 6) is 0.983. The van der Waals surface area contributed by atoms with Crippen LogP contribution in [0.15, 0.2) is 42.7 Å². The van der Waals surface area contributed by atoms with E-state index in [-0.39, 0.29) is 6.10 Å². The van der Waals surface area contributed by atoms with Crippen LogP contribution in [-0.4, -0.2) is 40.2 Å². The highest BCUT2D eigenvalue weighted by molar-refractivity contribution is 5.37. The monoisotopic (exact) mass is 273 g/mol. The van der Waals surface area contributed by atoms with E-state index in [4.69, 9.17) is 4.74 Å². The smallest absolute Gasteiger partial charge is 0.123 e. The minimum atomic E-state index is -0.446. The number of rotatable bonds is 6. The van der Waals surface area contributed by atoms with Gasteiger partial charge >= 0.3 is 0 Å². The molecule has 2 atom stereocenters. The highest BCUT2D eigenvalue weighted by atomic mass is 16.5. The van der Waals surface area contributed by atoms with Gasteiger partial charge in [0.2, 0.25) is 0 Å². The number of hydrogen-bond acceptors (Lipinski definition) is 4. The molecular weight excluding hydrogens is 254 g/mol. The Hall–Kier alpha value is -1.85. The van der Waals surface area contributed by atoms with E-state index in [1.165, 1.54) is 5.56 Å². The second kappa shape index (κ2) is 6.07. The lowest BCUT2D eigenvalue weighted by Crippen LogP contribution is -2.36. The molecule has 2 unspecified atom stereocenters. The van der Waals surface area contributed by atoms with E-state index in [1.54, 1.807) is 10.9 Å². The van der Waals surface area contributed by atoms with Gasteiger partial charge in [0.05, 0.1) is 12.6 Å². The number of aliphatic hydroxyl groups is 1. The summed E-state index contributed by atoms with van der Waals surface area (Å²) >= 11 is 0. The zero-order valence-electron chi connectivity index (χ0n) is 11.3. The molecular formula is C15H19N3O2. The average Bonchev–Trinajstić information content (AvgIpc) is 3.07. The van der Waals surface area contributed by atoms with Crippen molar-refractivity contribution in [1.82, 2.24) is 15.1 Å². The van der Waals surface area contributed by atoms with Crippen molar-refractivity contribution < 1.29 is 9.84 Å². The molecule has 0 radical (unpaired) electrons. The third kappa shape index (κ3) is 3.18. The Morgan fingerprint density at radius 1 is 1.40 bits per heavy atom. The van der Waals surface area contributed by atoms with Crippen molar-refractivity contribution in [3.63, 3.8) is 0 Å². The number of ether oxygens (including phenoxy) is 1. The van der Waals surface area contributed by atoms with Gasteiger partial charge in [-0.05, 0) is 17.7 Å². The largest absolute Gasteiger partial charge is 0.488 e. The van der Waals surface area contributed by atoms with Crippen LogP contribution in [0, 0.1) is 0 Å². The molecule has 3 rings (SSSR count). The summed E-state index contributed by atoms with van der Waals surface area (Å²) in [5.41, 5.74) is 1.26. The molecule has 0 amide bonds. The highest BCUT2D eigenvalue weighted by Gasteiger charge is 2.21. The Morgan fingerprint density at radius 3 is 3.10 bits per heavy atom. The first-order chi connectivity index (χ1) is 9.81. The first-order valence-electron chi connectivity index (χ1n) is 6.92. The van der Waals surface area contributed by atoms with Crippen LogP contribution >= 0.6 is 0 Å². The molecule has 0 bridgehead atoms. The van der Waals surface area contributed by atoms with E-state index in [0.29, 0.717) is 13.1 Å². The van der Waals surface area contributed by atoms with Crippen molar-refractivity contribution in [3.05, 3.63) is 48.3 Å². The van der Waals surface area contributed by atoms with E-state index in [0.717, 1.165) is 18.7 Å². The fourth-order valence-corrected chi connectivity index (χ4v) is 2.47. The molecule has 0 saturated heterocycles. The maximum Gasteiger partial charge on any atom is 0.123 e. The summed E-state index contributed by atoms with van der Waals surface area (Å²) in [6.45, 7) is 1.78. The van der Waals surface area contributed by atoms with E-state index in [1.807, 2.05) is 30.5 Å². The lowest BCUT2D eigenvalue weighted by atomic mass is 10.1. The van der Waals surface area contributed by atoms with Gasteiger partial charge in [0, 0.05) is 31.9 Å². The molecule has 5 nitrogen and oxygen atoms in total. The molecule has 1 aliphatic rings. The third-order valence-electron chi connectivity index (χ3n) is 3.42. The Labute approximate surface area is 118 Å². The molecule has 0 spiro atoms. The van der Waals surface area contributed by atoms with Crippen LogP contribution in [0.2, 0.25) is 0 Å². The van der Waals surface area contributed by atoms with Crippen LogP contribution in [-0.2, 0) is 13.0 Å². The fraction of sp³-hybridized carbons (Fsp3) is 0.400. The molecule has 0 aliphatic carbocycles. The molecule has 2 aromatic rings. The Balaban J connectivity index is 1.39. The lowest BCUT2D eigenvalue weighted by molar-refractivity contribution is 0.140. The number of para-hydroxylation sites is 1. The quantitative estimate of drug-likeness (QED) is 0.819. The molecule has 1 aliphatic heterocycles. The van der Waals surface area contributed by atoms with Crippen molar-refractivity contribution in [2.24, 2.45) is 0 Å². The van der Waals surface area contributed by atoms with Gasteiger partial charge in [-0.25, -0.2) is 0 Å². The van der Waals surface area contributed by atoms with Crippen LogP contribution in [0.25, 0.3) is 0 Å². The predicted molar refractivity (Wildman–Crippen MR) is 75.7 cm³/mol. The van der Waals surface area contributed by atoms with Gasteiger partial charge in [-0.1, -0.05) is 18.2 Å². The van der Waals surface area contributed by atoms with Gasteiger partial charge in [0.25, 0.3) is 0 Å². The van der Waals surface area contributed by atoms with Crippen LogP contribution in [0.1, 0.15) is 5.56 Å². The van der Waals surface area contributed by atoms with Gasteiger partial charge in [0.15, 0.2) is 0 Å². The van der Waals surface area contributed by atoms with Crippen molar-refractivity contribution in [3.8, 4) is 5.75 Å². The van der Waals surface area contributed by atoms with Crippen LogP contribution in [0.3, 0.4) is 0 Å². The van der Waals surface area contributed by atoms with Crippen molar-refractivity contribution in [2.75, 3.05) is 13.1 Å². The number of nitrogens with zero attached hydrogens (tertiary/aromatic N) is 2. The van der Waals surface area contributed by atoms with Crippen LogP contribution in [0.4, 0.5) is 0 Å². The van der Waals surface area contributed by atoms with E-state index in [9.17, 15) is 5.11 Å². The summed E-state index contributed by atoms with van der Waals surface area (Å²) in [6.07, 6.45) is 4.20. The normalized spacial score (nSPS) is 18.6. The molecule has 2 N–H and O–H groups in total. The molecule has 1 aromatic carbocycles. The second-order valence-electron chi connectivity index (χ2n) is 5.09. The van der Waals surface area contributed by atoms with Gasteiger partial charge in [-0.3, -0.25) is 4.68 Å². The van der Waals surface area contributed by atoms with Gasteiger partial charge in [-0.2, -0.15) is 5.10 Å². The molecule has 0 fully saturated rings. The average molecular weight is 273 g/mol. The van der Waals surface area contributed by atoms with Gasteiger partial charge in [0.1, 0.15) is 11.9 Å². The first kappa shape index (κ1) is 13.1. The number of nitrogens with one attached hydrogen (secondary N) is 1. The summed E-state index contributed by atoms with van der Waals surface area (Å²) in [4.78, 5) is 0. The zero-order chi connectivity index (χ0) is 13.8. The van der Waals surface area contributed by atoms with E-state index >= 15 is 0 Å². The predicted octanol–water partition coefficient (Wildman–Crippen LogP) is 0.837. The molecule has 20 heavy (non-hydrogen) atoms. The van der Waals surface area contributed by atoms with E-state index in [2.05, 4.69) is 16.5 Å². The Bertz CT molecular complexity index is 517. The Kier molecular flexibility index (Phi) is 3.99. The number of benzene rings is 1. The summed E-state index contributed by atoms with van der Waals surface area (Å²) in [5, 5.41) is 17.2. The van der Waals surface area contributed by atoms with Crippen molar-refractivity contribution >= 4 is 0 Å². The fourth-order valence-electron chi connectivity index (χ4n) is 2.47. The van der Waals surface area contributed by atoms with Crippen molar-refractivity contribution in [1.29, 1.82) is 0 Å². The minimum absolute atomic E-state index is 0.157. The van der Waals surface area contributed by atoms with Gasteiger partial charge in [-0.15, -0.1) is 0 Å². The third-order valence-corrected chi connectivity index (χ3v) is 3.42. The molecule has 5 heteroatoms. The maximum absolute atomic E-state index is 9.90. The second-order valence-corrected chi connectivity index (χ2v) is 5.09. The molecule has 1 aromatic heterocycles. The molecule has 106 valence electrons.